The molecular formula is C12H14BCl. The molecule has 72 valence electrons. The maximum absolute atomic E-state index is 6.06. The number of rotatable bonds is 0. The first kappa shape index (κ1) is 11.2. The molecule has 14 heavy (non-hydrogen) atoms. The van der Waals surface area contributed by atoms with Crippen molar-refractivity contribution >= 4 is 24.9 Å². The summed E-state index contributed by atoms with van der Waals surface area (Å²) in [4.78, 5) is 0. The van der Waals surface area contributed by atoms with Crippen LogP contribution in [0.25, 0.3) is 0 Å². The fraction of sp³-hybridized carbons (Fsp3) is 0.333. The lowest BCUT2D eigenvalue weighted by Gasteiger charge is -2.07. The minimum atomic E-state index is 0.0220. The van der Waals surface area contributed by atoms with Crippen molar-refractivity contribution < 1.29 is 0 Å². The second-order valence-electron chi connectivity index (χ2n) is 4.48. The lowest BCUT2D eigenvalue weighted by atomic mass is 9.94. The Labute approximate surface area is 92.1 Å². The van der Waals surface area contributed by atoms with Crippen molar-refractivity contribution in [1.29, 1.82) is 0 Å². The summed E-state index contributed by atoms with van der Waals surface area (Å²) >= 11 is 6.06. The normalized spacial score (nSPS) is 10.6. The first-order chi connectivity index (χ1) is 6.38. The van der Waals surface area contributed by atoms with Crippen molar-refractivity contribution in [1.82, 2.24) is 0 Å². The van der Waals surface area contributed by atoms with E-state index in [9.17, 15) is 0 Å². The summed E-state index contributed by atoms with van der Waals surface area (Å²) in [5.41, 5.74) is 2.09. The molecule has 0 radical (unpaired) electrons. The molecule has 1 rings (SSSR count). The van der Waals surface area contributed by atoms with Crippen molar-refractivity contribution in [2.24, 2.45) is 5.41 Å². The zero-order valence-corrected chi connectivity index (χ0v) is 9.87. The van der Waals surface area contributed by atoms with E-state index in [1.807, 2.05) is 26.0 Å². The first-order valence-corrected chi connectivity index (χ1v) is 5.05. The van der Waals surface area contributed by atoms with Crippen LogP contribution in [-0.2, 0) is 0 Å². The van der Waals surface area contributed by atoms with Gasteiger partial charge in [-0.05, 0) is 32.9 Å². The average molecular weight is 205 g/mol. The molecule has 0 aromatic heterocycles. The second-order valence-corrected chi connectivity index (χ2v) is 4.89. The van der Waals surface area contributed by atoms with Gasteiger partial charge >= 0.3 is 0 Å². The molecule has 0 unspecified atom stereocenters. The summed E-state index contributed by atoms with van der Waals surface area (Å²) in [7, 11) is 2.02. The lowest BCUT2D eigenvalue weighted by Crippen LogP contribution is -2.02. The van der Waals surface area contributed by atoms with E-state index in [0.29, 0.717) is 0 Å². The smallest absolute Gasteiger partial charge is 0.0919 e. The predicted octanol–water partition coefficient (Wildman–Crippen LogP) is 2.00. The molecule has 0 N–H and O–H groups in total. The zero-order valence-electron chi connectivity index (χ0n) is 9.11. The third kappa shape index (κ3) is 3.48. The minimum Gasteiger partial charge on any atom is -0.0919 e. The molecule has 0 atom stereocenters. The van der Waals surface area contributed by atoms with E-state index in [-0.39, 0.29) is 5.41 Å². The standard InChI is InChI=1S/C12H14BCl/c1-12(2,3)7-6-9-4-5-10(13)8-11(9)14/h4-5,8H,13H2,1-3H3. The van der Waals surface area contributed by atoms with Crippen molar-refractivity contribution in [2.45, 2.75) is 20.8 Å². The molecule has 0 saturated heterocycles. The fourth-order valence-corrected chi connectivity index (χ4v) is 1.26. The highest BCUT2D eigenvalue weighted by molar-refractivity contribution is 6.36. The van der Waals surface area contributed by atoms with E-state index in [4.69, 9.17) is 11.6 Å². The highest BCUT2D eigenvalue weighted by Crippen LogP contribution is 2.15. The molecule has 0 aliphatic rings. The van der Waals surface area contributed by atoms with Gasteiger partial charge in [0, 0.05) is 11.0 Å². The van der Waals surface area contributed by atoms with Crippen LogP contribution in [0.5, 0.6) is 0 Å². The van der Waals surface area contributed by atoms with Gasteiger partial charge in [0.05, 0.1) is 5.02 Å². The van der Waals surface area contributed by atoms with Crippen LogP contribution in [0.2, 0.25) is 5.02 Å². The van der Waals surface area contributed by atoms with Gasteiger partial charge in [0.2, 0.25) is 0 Å². The second kappa shape index (κ2) is 4.11. The van der Waals surface area contributed by atoms with Gasteiger partial charge in [-0.3, -0.25) is 0 Å². The Bertz CT molecular complexity index is 391. The van der Waals surface area contributed by atoms with E-state index in [1.165, 1.54) is 0 Å². The molecule has 0 spiro atoms. The van der Waals surface area contributed by atoms with Crippen LogP contribution in [-0.4, -0.2) is 7.85 Å². The van der Waals surface area contributed by atoms with Gasteiger partial charge in [-0.15, -0.1) is 0 Å². The monoisotopic (exact) mass is 204 g/mol. The Morgan fingerprint density at radius 3 is 2.43 bits per heavy atom. The topological polar surface area (TPSA) is 0 Å². The largest absolute Gasteiger partial charge is 0.139 e. The Hall–Kier alpha value is -0.865. The molecule has 0 heterocycles. The van der Waals surface area contributed by atoms with Gasteiger partial charge in [0.25, 0.3) is 0 Å². The van der Waals surface area contributed by atoms with E-state index < -0.39 is 0 Å². The van der Waals surface area contributed by atoms with E-state index in [2.05, 4.69) is 32.6 Å². The van der Waals surface area contributed by atoms with Crippen molar-refractivity contribution in [3.05, 3.63) is 28.8 Å². The maximum Gasteiger partial charge on any atom is 0.139 e. The van der Waals surface area contributed by atoms with E-state index in [1.54, 1.807) is 0 Å². The Morgan fingerprint density at radius 1 is 1.29 bits per heavy atom. The summed E-state index contributed by atoms with van der Waals surface area (Å²) in [5.74, 6) is 6.26. The summed E-state index contributed by atoms with van der Waals surface area (Å²) in [5, 5.41) is 0.738. The molecule has 0 bridgehead atoms. The maximum atomic E-state index is 6.06. The van der Waals surface area contributed by atoms with Crippen molar-refractivity contribution in [2.75, 3.05) is 0 Å². The molecule has 0 amide bonds. The summed E-state index contributed by atoms with van der Waals surface area (Å²) in [6.45, 7) is 6.26. The number of halogens is 1. The van der Waals surface area contributed by atoms with Crippen molar-refractivity contribution in [3.63, 3.8) is 0 Å². The molecule has 1 aromatic carbocycles. The number of hydrogen-bond acceptors (Lipinski definition) is 0. The van der Waals surface area contributed by atoms with Crippen LogP contribution in [0.3, 0.4) is 0 Å². The third-order valence-corrected chi connectivity index (χ3v) is 2.01. The predicted molar refractivity (Wildman–Crippen MR) is 66.0 cm³/mol. The van der Waals surface area contributed by atoms with Crippen LogP contribution >= 0.6 is 11.6 Å². The van der Waals surface area contributed by atoms with Crippen LogP contribution in [0.15, 0.2) is 18.2 Å². The Balaban J connectivity index is 3.02. The summed E-state index contributed by atoms with van der Waals surface area (Å²) in [6.07, 6.45) is 0. The molecule has 0 aliphatic heterocycles. The Kier molecular flexibility index (Phi) is 3.29. The van der Waals surface area contributed by atoms with E-state index in [0.717, 1.165) is 16.0 Å². The molecule has 2 heteroatoms. The molecular weight excluding hydrogens is 190 g/mol. The quantitative estimate of drug-likeness (QED) is 0.448. The highest BCUT2D eigenvalue weighted by atomic mass is 35.5. The number of hydrogen-bond donors (Lipinski definition) is 0. The van der Waals surface area contributed by atoms with E-state index >= 15 is 0 Å². The van der Waals surface area contributed by atoms with Crippen LogP contribution in [0.1, 0.15) is 26.3 Å². The molecule has 0 fully saturated rings. The van der Waals surface area contributed by atoms with Gasteiger partial charge in [-0.25, -0.2) is 0 Å². The van der Waals surface area contributed by atoms with Gasteiger partial charge in [0.1, 0.15) is 7.85 Å². The van der Waals surface area contributed by atoms with Gasteiger partial charge in [-0.1, -0.05) is 35.0 Å². The average Bonchev–Trinajstić information content (AvgIpc) is 2.00. The first-order valence-electron chi connectivity index (χ1n) is 4.68. The fourth-order valence-electron chi connectivity index (χ4n) is 0.976. The van der Waals surface area contributed by atoms with Gasteiger partial charge < -0.3 is 0 Å². The van der Waals surface area contributed by atoms with Crippen LogP contribution in [0, 0.1) is 17.3 Å². The Morgan fingerprint density at radius 2 is 1.93 bits per heavy atom. The highest BCUT2D eigenvalue weighted by Gasteiger charge is 2.04. The summed E-state index contributed by atoms with van der Waals surface area (Å²) in [6, 6.07) is 5.93. The van der Waals surface area contributed by atoms with Crippen LogP contribution < -0.4 is 5.46 Å². The van der Waals surface area contributed by atoms with Gasteiger partial charge in [0.15, 0.2) is 0 Å². The van der Waals surface area contributed by atoms with Crippen LogP contribution in [0.4, 0.5) is 0 Å². The lowest BCUT2D eigenvalue weighted by molar-refractivity contribution is 0.571. The molecule has 1 aromatic rings. The molecule has 0 aliphatic carbocycles. The summed E-state index contributed by atoms with van der Waals surface area (Å²) < 4.78 is 0. The van der Waals surface area contributed by atoms with Crippen molar-refractivity contribution in [3.8, 4) is 11.8 Å². The SMILES string of the molecule is Bc1ccc(C#CC(C)(C)C)c(Cl)c1. The molecule has 0 saturated carbocycles. The zero-order chi connectivity index (χ0) is 10.8. The third-order valence-electron chi connectivity index (χ3n) is 1.70. The minimum absolute atomic E-state index is 0.0220. The van der Waals surface area contributed by atoms with Gasteiger partial charge in [-0.2, -0.15) is 0 Å². The molecule has 0 nitrogen and oxygen atoms in total. The number of benzene rings is 1.